The summed E-state index contributed by atoms with van der Waals surface area (Å²) in [6.45, 7) is 4.88. The molecule has 0 aromatic rings. The van der Waals surface area contributed by atoms with E-state index in [1.54, 1.807) is 20.8 Å². The van der Waals surface area contributed by atoms with Gasteiger partial charge in [-0.3, -0.25) is 0 Å². The molecule has 6 heteroatoms. The molecule has 1 fully saturated rings. The quantitative estimate of drug-likeness (QED) is 0.526. The highest BCUT2D eigenvalue weighted by Gasteiger charge is 2.54. The monoisotopic (exact) mass is 287 g/mol. The molecular weight excluding hydrogens is 262 g/mol. The SMILES string of the molecule is CC(C)(C)OC(=O)[C@](N)(C(=O)O)[C@H](O)C1CCCCC1. The van der Waals surface area contributed by atoms with Gasteiger partial charge in [0, 0.05) is 0 Å². The van der Waals surface area contributed by atoms with Crippen molar-refractivity contribution in [3.05, 3.63) is 0 Å². The lowest BCUT2D eigenvalue weighted by atomic mass is 9.77. The highest BCUT2D eigenvalue weighted by atomic mass is 16.6. The summed E-state index contributed by atoms with van der Waals surface area (Å²) in [6.07, 6.45) is 2.79. The van der Waals surface area contributed by atoms with Crippen molar-refractivity contribution in [3.8, 4) is 0 Å². The number of esters is 1. The summed E-state index contributed by atoms with van der Waals surface area (Å²) in [5.74, 6) is -2.92. The number of aliphatic hydroxyl groups excluding tert-OH is 1. The third kappa shape index (κ3) is 3.70. The van der Waals surface area contributed by atoms with Crippen LogP contribution in [0.25, 0.3) is 0 Å². The lowest BCUT2D eigenvalue weighted by Gasteiger charge is -2.36. The van der Waals surface area contributed by atoms with Crippen molar-refractivity contribution in [1.82, 2.24) is 0 Å². The van der Waals surface area contributed by atoms with Crippen LogP contribution in [0.5, 0.6) is 0 Å². The average molecular weight is 287 g/mol. The van der Waals surface area contributed by atoms with Gasteiger partial charge in [-0.05, 0) is 39.5 Å². The number of aliphatic hydroxyl groups is 1. The van der Waals surface area contributed by atoms with Crippen molar-refractivity contribution in [1.29, 1.82) is 0 Å². The third-order valence-corrected chi connectivity index (χ3v) is 3.65. The Labute approximate surface area is 119 Å². The first-order chi connectivity index (χ1) is 9.09. The normalized spacial score (nSPS) is 21.9. The highest BCUT2D eigenvalue weighted by Crippen LogP contribution is 2.31. The molecule has 2 atom stereocenters. The zero-order chi connectivity index (χ0) is 15.6. The smallest absolute Gasteiger partial charge is 0.341 e. The average Bonchev–Trinajstić information content (AvgIpc) is 2.35. The fraction of sp³-hybridized carbons (Fsp3) is 0.857. The standard InChI is InChI=1S/C14H25NO5/c1-13(2,3)20-12(19)14(15,11(17)18)10(16)9-7-5-4-6-8-9/h9-10,16H,4-8,15H2,1-3H3,(H,17,18)/t10-,14-/m1/s1. The van der Waals surface area contributed by atoms with Gasteiger partial charge < -0.3 is 20.7 Å². The maximum Gasteiger partial charge on any atom is 0.341 e. The van der Waals surface area contributed by atoms with Crippen LogP contribution in [0.3, 0.4) is 0 Å². The Hall–Kier alpha value is -1.14. The third-order valence-electron chi connectivity index (χ3n) is 3.65. The van der Waals surface area contributed by atoms with Crippen LogP contribution in [0.2, 0.25) is 0 Å². The summed E-state index contributed by atoms with van der Waals surface area (Å²) >= 11 is 0. The number of carbonyl (C=O) groups is 2. The fourth-order valence-corrected chi connectivity index (χ4v) is 2.52. The molecule has 1 aliphatic carbocycles. The van der Waals surface area contributed by atoms with Crippen LogP contribution in [0, 0.1) is 5.92 Å². The second-order valence-corrected chi connectivity index (χ2v) is 6.52. The Bertz CT molecular complexity index is 370. The molecule has 4 N–H and O–H groups in total. The Morgan fingerprint density at radius 2 is 1.70 bits per heavy atom. The predicted octanol–water partition coefficient (Wildman–Crippen LogP) is 1.05. The van der Waals surface area contributed by atoms with Gasteiger partial charge in [-0.25, -0.2) is 9.59 Å². The number of ether oxygens (including phenoxy) is 1. The van der Waals surface area contributed by atoms with Crippen molar-refractivity contribution >= 4 is 11.9 Å². The highest BCUT2D eigenvalue weighted by molar-refractivity contribution is 6.04. The number of hydrogen-bond acceptors (Lipinski definition) is 5. The Morgan fingerprint density at radius 1 is 1.20 bits per heavy atom. The number of hydrogen-bond donors (Lipinski definition) is 3. The van der Waals surface area contributed by atoms with E-state index in [-0.39, 0.29) is 5.92 Å². The first-order valence-corrected chi connectivity index (χ1v) is 7.03. The maximum absolute atomic E-state index is 12.1. The van der Waals surface area contributed by atoms with Crippen LogP contribution < -0.4 is 5.73 Å². The van der Waals surface area contributed by atoms with Gasteiger partial charge in [0.25, 0.3) is 0 Å². The fourth-order valence-electron chi connectivity index (χ4n) is 2.52. The van der Waals surface area contributed by atoms with Crippen LogP contribution in [0.15, 0.2) is 0 Å². The predicted molar refractivity (Wildman–Crippen MR) is 73.0 cm³/mol. The van der Waals surface area contributed by atoms with Crippen molar-refractivity contribution in [2.45, 2.75) is 70.1 Å². The van der Waals surface area contributed by atoms with Gasteiger partial charge in [0.05, 0.1) is 6.10 Å². The van der Waals surface area contributed by atoms with Gasteiger partial charge in [0.1, 0.15) is 5.60 Å². The van der Waals surface area contributed by atoms with Gasteiger partial charge in [-0.1, -0.05) is 19.3 Å². The minimum atomic E-state index is -2.41. The van der Waals surface area contributed by atoms with Crippen molar-refractivity contribution in [3.63, 3.8) is 0 Å². The van der Waals surface area contributed by atoms with Gasteiger partial charge in [-0.15, -0.1) is 0 Å². The van der Waals surface area contributed by atoms with E-state index in [0.717, 1.165) is 19.3 Å². The Kier molecular flexibility index (Phi) is 5.15. The molecule has 0 saturated heterocycles. The van der Waals surface area contributed by atoms with E-state index in [2.05, 4.69) is 0 Å². The first-order valence-electron chi connectivity index (χ1n) is 7.03. The largest absolute Gasteiger partial charge is 0.479 e. The molecule has 6 nitrogen and oxygen atoms in total. The molecule has 0 unspecified atom stereocenters. The molecule has 0 spiro atoms. The molecule has 0 radical (unpaired) electrons. The summed E-state index contributed by atoms with van der Waals surface area (Å²) < 4.78 is 5.07. The Balaban J connectivity index is 2.95. The van der Waals surface area contributed by atoms with E-state index in [9.17, 15) is 19.8 Å². The summed E-state index contributed by atoms with van der Waals surface area (Å²) in [7, 11) is 0. The second kappa shape index (κ2) is 6.10. The molecule has 1 saturated carbocycles. The molecule has 0 aromatic heterocycles. The summed E-state index contributed by atoms with van der Waals surface area (Å²) in [5, 5.41) is 19.6. The number of carboxylic acids is 1. The van der Waals surface area contributed by atoms with E-state index in [1.807, 2.05) is 0 Å². The van der Waals surface area contributed by atoms with Crippen molar-refractivity contribution < 1.29 is 24.5 Å². The molecule has 20 heavy (non-hydrogen) atoms. The van der Waals surface area contributed by atoms with Gasteiger partial charge in [0.15, 0.2) is 0 Å². The van der Waals surface area contributed by atoms with Crippen LogP contribution in [0.1, 0.15) is 52.9 Å². The molecular formula is C14H25NO5. The van der Waals surface area contributed by atoms with E-state index in [4.69, 9.17) is 10.5 Å². The van der Waals surface area contributed by atoms with Crippen molar-refractivity contribution in [2.75, 3.05) is 0 Å². The molecule has 116 valence electrons. The van der Waals surface area contributed by atoms with Crippen molar-refractivity contribution in [2.24, 2.45) is 11.7 Å². The van der Waals surface area contributed by atoms with E-state index in [0.29, 0.717) is 12.8 Å². The van der Waals surface area contributed by atoms with Crippen LogP contribution >= 0.6 is 0 Å². The summed E-state index contributed by atoms with van der Waals surface area (Å²) in [6, 6.07) is 0. The Morgan fingerprint density at radius 3 is 2.10 bits per heavy atom. The lowest BCUT2D eigenvalue weighted by molar-refractivity contribution is -0.177. The molecule has 1 rings (SSSR count). The maximum atomic E-state index is 12.1. The lowest BCUT2D eigenvalue weighted by Crippen LogP contribution is -2.66. The van der Waals surface area contributed by atoms with E-state index < -0.39 is 29.2 Å². The summed E-state index contributed by atoms with van der Waals surface area (Å²) in [4.78, 5) is 23.6. The zero-order valence-electron chi connectivity index (χ0n) is 12.4. The van der Waals surface area contributed by atoms with Crippen LogP contribution in [0.4, 0.5) is 0 Å². The minimum Gasteiger partial charge on any atom is -0.479 e. The number of aliphatic carboxylic acids is 1. The molecule has 0 aliphatic heterocycles. The zero-order valence-corrected chi connectivity index (χ0v) is 12.4. The molecule has 0 aromatic carbocycles. The first kappa shape index (κ1) is 16.9. The number of carbonyl (C=O) groups excluding carboxylic acids is 1. The molecule has 0 heterocycles. The number of rotatable bonds is 4. The van der Waals surface area contributed by atoms with Crippen LogP contribution in [-0.4, -0.2) is 39.4 Å². The second-order valence-electron chi connectivity index (χ2n) is 6.52. The van der Waals surface area contributed by atoms with Crippen LogP contribution in [-0.2, 0) is 14.3 Å². The minimum absolute atomic E-state index is 0.280. The number of nitrogens with two attached hydrogens (primary N) is 1. The topological polar surface area (TPSA) is 110 Å². The molecule has 0 amide bonds. The number of carboxylic acid groups (broad SMARTS) is 1. The van der Waals surface area contributed by atoms with Gasteiger partial charge in [0.2, 0.25) is 5.54 Å². The van der Waals surface area contributed by atoms with Gasteiger partial charge in [-0.2, -0.15) is 0 Å². The molecule has 0 bridgehead atoms. The van der Waals surface area contributed by atoms with E-state index >= 15 is 0 Å². The van der Waals surface area contributed by atoms with E-state index in [1.165, 1.54) is 0 Å². The summed E-state index contributed by atoms with van der Waals surface area (Å²) in [5.41, 5.74) is 2.48. The molecule has 1 aliphatic rings. The van der Waals surface area contributed by atoms with Gasteiger partial charge >= 0.3 is 11.9 Å².